The van der Waals surface area contributed by atoms with Crippen LogP contribution in [-0.4, -0.2) is 49.4 Å². The van der Waals surface area contributed by atoms with E-state index in [-0.39, 0.29) is 24.9 Å². The summed E-state index contributed by atoms with van der Waals surface area (Å²) < 4.78 is 0. The highest BCUT2D eigenvalue weighted by molar-refractivity contribution is 6.09. The van der Waals surface area contributed by atoms with Crippen molar-refractivity contribution in [1.29, 1.82) is 0 Å². The Hall–Kier alpha value is -2.12. The van der Waals surface area contributed by atoms with Crippen molar-refractivity contribution in [3.63, 3.8) is 0 Å². The van der Waals surface area contributed by atoms with Crippen LogP contribution in [0.1, 0.15) is 18.1 Å². The van der Waals surface area contributed by atoms with Gasteiger partial charge in [-0.25, -0.2) is 4.79 Å². The van der Waals surface area contributed by atoms with E-state index in [1.54, 1.807) is 14.0 Å². The van der Waals surface area contributed by atoms with Gasteiger partial charge in [-0.05, 0) is 26.5 Å². The Balaban J connectivity index is 0.00000288. The van der Waals surface area contributed by atoms with Crippen LogP contribution in [0, 0.1) is 6.92 Å². The first kappa shape index (κ1) is 19.9. The number of urea groups is 1. The van der Waals surface area contributed by atoms with E-state index in [0.717, 1.165) is 10.5 Å². The van der Waals surface area contributed by atoms with Crippen LogP contribution in [0.4, 0.5) is 4.79 Å². The van der Waals surface area contributed by atoms with Gasteiger partial charge in [0.25, 0.3) is 5.91 Å². The standard InChI is InChI=1S/C16H22N4O3.ClH/c1-11-4-6-12(7-5-11)16(2)14(22)20(15(23)19-16)10-13(21)18-9-8-17-3;/h4-7,17H,8-10H2,1-3H3,(H,18,21)(H,19,23);1H. The van der Waals surface area contributed by atoms with Crippen molar-refractivity contribution in [3.8, 4) is 0 Å². The molecule has 1 heterocycles. The second kappa shape index (κ2) is 8.12. The summed E-state index contributed by atoms with van der Waals surface area (Å²) in [4.78, 5) is 37.5. The number of rotatable bonds is 6. The predicted octanol–water partition coefficient (Wildman–Crippen LogP) is 0.519. The van der Waals surface area contributed by atoms with Crippen molar-refractivity contribution in [1.82, 2.24) is 20.9 Å². The fraction of sp³-hybridized carbons (Fsp3) is 0.438. The third-order valence-electron chi connectivity index (χ3n) is 3.90. The molecule has 0 aliphatic carbocycles. The third kappa shape index (κ3) is 4.04. The molecule has 132 valence electrons. The molecule has 24 heavy (non-hydrogen) atoms. The van der Waals surface area contributed by atoms with Crippen LogP contribution in [0.2, 0.25) is 0 Å². The molecule has 1 saturated heterocycles. The quantitative estimate of drug-likeness (QED) is 0.513. The summed E-state index contributed by atoms with van der Waals surface area (Å²) in [5.74, 6) is -0.785. The molecular weight excluding hydrogens is 332 g/mol. The van der Waals surface area contributed by atoms with Gasteiger partial charge >= 0.3 is 6.03 Å². The van der Waals surface area contributed by atoms with Gasteiger partial charge in [-0.2, -0.15) is 0 Å². The smallest absolute Gasteiger partial charge is 0.325 e. The lowest BCUT2D eigenvalue weighted by Gasteiger charge is -2.22. The van der Waals surface area contributed by atoms with Gasteiger partial charge in [0.2, 0.25) is 5.91 Å². The van der Waals surface area contributed by atoms with Gasteiger partial charge in [-0.3, -0.25) is 14.5 Å². The maximum absolute atomic E-state index is 12.6. The van der Waals surface area contributed by atoms with Crippen molar-refractivity contribution < 1.29 is 14.4 Å². The van der Waals surface area contributed by atoms with Crippen molar-refractivity contribution in [3.05, 3.63) is 35.4 Å². The summed E-state index contributed by atoms with van der Waals surface area (Å²) in [6.07, 6.45) is 0. The summed E-state index contributed by atoms with van der Waals surface area (Å²) in [6, 6.07) is 6.83. The maximum Gasteiger partial charge on any atom is 0.325 e. The van der Waals surface area contributed by atoms with Crippen molar-refractivity contribution in [2.24, 2.45) is 0 Å². The van der Waals surface area contributed by atoms with Gasteiger partial charge in [0, 0.05) is 13.1 Å². The van der Waals surface area contributed by atoms with Crippen LogP contribution in [0.3, 0.4) is 0 Å². The highest BCUT2D eigenvalue weighted by Gasteiger charge is 2.49. The van der Waals surface area contributed by atoms with Crippen LogP contribution in [0.5, 0.6) is 0 Å². The maximum atomic E-state index is 12.6. The minimum Gasteiger partial charge on any atom is -0.353 e. The molecule has 0 bridgehead atoms. The lowest BCUT2D eigenvalue weighted by atomic mass is 9.91. The van der Waals surface area contributed by atoms with Crippen molar-refractivity contribution in [2.45, 2.75) is 19.4 Å². The topological polar surface area (TPSA) is 90.5 Å². The van der Waals surface area contributed by atoms with E-state index in [1.165, 1.54) is 0 Å². The molecular formula is C16H23ClN4O3. The number of carbonyl (C=O) groups is 3. The number of aryl methyl sites for hydroxylation is 1. The van der Waals surface area contributed by atoms with Gasteiger partial charge < -0.3 is 16.0 Å². The van der Waals surface area contributed by atoms with Gasteiger partial charge in [0.05, 0.1) is 0 Å². The number of hydrogen-bond donors (Lipinski definition) is 3. The molecule has 1 aromatic carbocycles. The zero-order valence-corrected chi connectivity index (χ0v) is 14.8. The molecule has 8 heteroatoms. The first-order valence-electron chi connectivity index (χ1n) is 7.51. The van der Waals surface area contributed by atoms with E-state index < -0.39 is 17.5 Å². The molecule has 1 atom stereocenters. The second-order valence-electron chi connectivity index (χ2n) is 5.77. The molecule has 3 N–H and O–H groups in total. The first-order valence-corrected chi connectivity index (χ1v) is 7.51. The number of likely N-dealkylation sites (N-methyl/N-ethyl adjacent to an activating group) is 1. The van der Waals surface area contributed by atoms with E-state index in [9.17, 15) is 14.4 Å². The largest absolute Gasteiger partial charge is 0.353 e. The number of benzene rings is 1. The summed E-state index contributed by atoms with van der Waals surface area (Å²) >= 11 is 0. The van der Waals surface area contributed by atoms with E-state index in [4.69, 9.17) is 0 Å². The van der Waals surface area contributed by atoms with Gasteiger partial charge in [-0.1, -0.05) is 29.8 Å². The highest BCUT2D eigenvalue weighted by atomic mass is 35.5. The number of hydrogen-bond acceptors (Lipinski definition) is 4. The zero-order valence-electron chi connectivity index (χ0n) is 14.0. The van der Waals surface area contributed by atoms with E-state index in [2.05, 4.69) is 16.0 Å². The number of amides is 4. The zero-order chi connectivity index (χ0) is 17.0. The molecule has 0 radical (unpaired) electrons. The van der Waals surface area contributed by atoms with Gasteiger partial charge in [0.15, 0.2) is 0 Å². The lowest BCUT2D eigenvalue weighted by molar-refractivity contribution is -0.134. The number of carbonyl (C=O) groups excluding carboxylic acids is 3. The third-order valence-corrected chi connectivity index (χ3v) is 3.90. The second-order valence-corrected chi connectivity index (χ2v) is 5.77. The Morgan fingerprint density at radius 2 is 1.83 bits per heavy atom. The average molecular weight is 355 g/mol. The van der Waals surface area contributed by atoms with Crippen LogP contribution < -0.4 is 16.0 Å². The summed E-state index contributed by atoms with van der Waals surface area (Å²) in [5, 5.41) is 8.23. The molecule has 4 amide bonds. The molecule has 1 fully saturated rings. The Bertz CT molecular complexity index is 620. The number of nitrogens with one attached hydrogen (secondary N) is 3. The molecule has 1 aromatic rings. The normalized spacial score (nSPS) is 19.7. The summed E-state index contributed by atoms with van der Waals surface area (Å²) in [5.41, 5.74) is 0.616. The van der Waals surface area contributed by atoms with Crippen LogP contribution in [-0.2, 0) is 15.1 Å². The summed E-state index contributed by atoms with van der Waals surface area (Å²) in [6.45, 7) is 4.37. The number of imide groups is 1. The SMILES string of the molecule is CNCCNC(=O)CN1C(=O)NC(C)(c2ccc(C)cc2)C1=O.Cl. The molecule has 0 spiro atoms. The molecule has 2 rings (SSSR count). The number of halogens is 1. The fourth-order valence-corrected chi connectivity index (χ4v) is 2.45. The Morgan fingerprint density at radius 3 is 2.42 bits per heavy atom. The molecule has 0 saturated carbocycles. The van der Waals surface area contributed by atoms with Crippen LogP contribution in [0.25, 0.3) is 0 Å². The predicted molar refractivity (Wildman–Crippen MR) is 93.0 cm³/mol. The Morgan fingerprint density at radius 1 is 1.21 bits per heavy atom. The van der Waals surface area contributed by atoms with Crippen molar-refractivity contribution >= 4 is 30.3 Å². The molecule has 7 nitrogen and oxygen atoms in total. The Kier molecular flexibility index (Phi) is 6.74. The van der Waals surface area contributed by atoms with Crippen LogP contribution >= 0.6 is 12.4 Å². The Labute approximate surface area is 147 Å². The van der Waals surface area contributed by atoms with E-state index >= 15 is 0 Å². The fourth-order valence-electron chi connectivity index (χ4n) is 2.45. The van der Waals surface area contributed by atoms with Gasteiger partial charge in [-0.15, -0.1) is 12.4 Å². The molecule has 1 unspecified atom stereocenters. The minimum absolute atomic E-state index is 0. The highest BCUT2D eigenvalue weighted by Crippen LogP contribution is 2.28. The monoisotopic (exact) mass is 354 g/mol. The minimum atomic E-state index is -1.14. The average Bonchev–Trinajstić information content (AvgIpc) is 2.72. The van der Waals surface area contributed by atoms with Gasteiger partial charge in [0.1, 0.15) is 12.1 Å². The van der Waals surface area contributed by atoms with Crippen LogP contribution in [0.15, 0.2) is 24.3 Å². The first-order chi connectivity index (χ1) is 10.9. The number of nitrogens with zero attached hydrogens (tertiary/aromatic N) is 1. The summed E-state index contributed by atoms with van der Waals surface area (Å²) in [7, 11) is 1.77. The molecule has 1 aliphatic heterocycles. The van der Waals surface area contributed by atoms with E-state index in [0.29, 0.717) is 18.7 Å². The molecule has 0 aromatic heterocycles. The van der Waals surface area contributed by atoms with E-state index in [1.807, 2.05) is 31.2 Å². The van der Waals surface area contributed by atoms with Crippen molar-refractivity contribution in [2.75, 3.05) is 26.7 Å². The molecule has 1 aliphatic rings. The lowest BCUT2D eigenvalue weighted by Crippen LogP contribution is -2.44.